The molecule has 1 heterocycles. The lowest BCUT2D eigenvalue weighted by Crippen LogP contribution is -2.31. The molecule has 38 heavy (non-hydrogen) atoms. The molecule has 2 aromatic carbocycles. The minimum Gasteiger partial charge on any atom is -0.494 e. The van der Waals surface area contributed by atoms with Crippen molar-refractivity contribution in [2.24, 2.45) is 0 Å². The summed E-state index contributed by atoms with van der Waals surface area (Å²) < 4.78 is 44.7. The highest BCUT2D eigenvalue weighted by atomic mass is 19.4. The number of hydrogen-bond acceptors (Lipinski definition) is 8. The van der Waals surface area contributed by atoms with Gasteiger partial charge in [-0.05, 0) is 57.4 Å². The number of rotatable bonds is 11. The van der Waals surface area contributed by atoms with Crippen molar-refractivity contribution in [1.82, 2.24) is 14.9 Å². The van der Waals surface area contributed by atoms with Crippen LogP contribution < -0.4 is 26.0 Å². The SMILES string of the molecule is C=CC(=O)Nc1cc(Nc2nccc(Nc3cccc(C(F)(F)F)c3)n2)c(OC)cc1NCC(C)N(C)C. The number of likely N-dealkylation sites (N-methyl/N-ethyl adjacent to an activating group) is 1. The van der Waals surface area contributed by atoms with Gasteiger partial charge in [0.05, 0.1) is 29.7 Å². The van der Waals surface area contributed by atoms with E-state index in [2.05, 4.69) is 49.6 Å². The van der Waals surface area contributed by atoms with Crippen molar-refractivity contribution >= 4 is 40.4 Å². The van der Waals surface area contributed by atoms with E-state index >= 15 is 0 Å². The first kappa shape index (κ1) is 28.3. The number of nitrogens with one attached hydrogen (secondary N) is 4. The summed E-state index contributed by atoms with van der Waals surface area (Å²) in [5, 5.41) is 12.0. The number of alkyl halides is 3. The topological polar surface area (TPSA) is 103 Å². The first-order valence-corrected chi connectivity index (χ1v) is 11.6. The molecule has 0 saturated carbocycles. The summed E-state index contributed by atoms with van der Waals surface area (Å²) in [6.07, 6.45) is -1.84. The number of benzene rings is 2. The predicted molar refractivity (Wildman–Crippen MR) is 144 cm³/mol. The van der Waals surface area contributed by atoms with E-state index in [1.807, 2.05) is 14.1 Å². The van der Waals surface area contributed by atoms with E-state index in [-0.39, 0.29) is 23.5 Å². The Kier molecular flexibility index (Phi) is 9.13. The van der Waals surface area contributed by atoms with Crippen LogP contribution in [0.4, 0.5) is 47.7 Å². The minimum absolute atomic E-state index is 0.156. The van der Waals surface area contributed by atoms with Crippen LogP contribution in [0.15, 0.2) is 61.3 Å². The Morgan fingerprint density at radius 1 is 1.13 bits per heavy atom. The average molecular weight is 530 g/mol. The van der Waals surface area contributed by atoms with Gasteiger partial charge in [-0.3, -0.25) is 4.79 Å². The number of amides is 1. The van der Waals surface area contributed by atoms with Crippen molar-refractivity contribution in [3.63, 3.8) is 0 Å². The third kappa shape index (κ3) is 7.59. The van der Waals surface area contributed by atoms with Crippen LogP contribution in [0.1, 0.15) is 12.5 Å². The van der Waals surface area contributed by atoms with E-state index in [9.17, 15) is 18.0 Å². The van der Waals surface area contributed by atoms with Crippen LogP contribution in [-0.2, 0) is 11.0 Å². The summed E-state index contributed by atoms with van der Waals surface area (Å²) in [5.74, 6) is 0.481. The fourth-order valence-electron chi connectivity index (χ4n) is 3.25. The Balaban J connectivity index is 1.88. The van der Waals surface area contributed by atoms with Crippen molar-refractivity contribution in [3.8, 4) is 5.75 Å². The Labute approximate surface area is 219 Å². The molecular formula is C26H30F3N7O2. The van der Waals surface area contributed by atoms with Crippen LogP contribution in [0.25, 0.3) is 0 Å². The fraction of sp³-hybridized carbons (Fsp3) is 0.269. The molecule has 0 spiro atoms. The zero-order chi connectivity index (χ0) is 27.9. The Bertz CT molecular complexity index is 1280. The molecule has 3 aromatic rings. The molecule has 0 aliphatic rings. The van der Waals surface area contributed by atoms with Gasteiger partial charge in [0, 0.05) is 30.5 Å². The first-order valence-electron chi connectivity index (χ1n) is 11.6. The standard InChI is InChI=1S/C26H30F3N7O2/c1-6-24(37)33-20-13-21(22(38-5)14-19(20)31-15-16(2)36(3)4)34-25-30-11-10-23(35-25)32-18-9-7-8-17(12-18)26(27,28)29/h6-14,16,31H,1,15H2,2-5H3,(H,33,37)(H2,30,32,34,35). The minimum atomic E-state index is -4.46. The quantitative estimate of drug-likeness (QED) is 0.242. The molecule has 4 N–H and O–H groups in total. The lowest BCUT2D eigenvalue weighted by molar-refractivity contribution is -0.137. The molecule has 9 nitrogen and oxygen atoms in total. The largest absolute Gasteiger partial charge is 0.494 e. The number of anilines is 6. The molecule has 1 unspecified atom stereocenters. The lowest BCUT2D eigenvalue weighted by Gasteiger charge is -2.23. The highest BCUT2D eigenvalue weighted by molar-refractivity contribution is 6.02. The van der Waals surface area contributed by atoms with Gasteiger partial charge < -0.3 is 30.9 Å². The van der Waals surface area contributed by atoms with Gasteiger partial charge in [-0.2, -0.15) is 18.2 Å². The van der Waals surface area contributed by atoms with Gasteiger partial charge in [0.15, 0.2) is 0 Å². The van der Waals surface area contributed by atoms with Gasteiger partial charge in [0.25, 0.3) is 0 Å². The number of methoxy groups -OCH3 is 1. The summed E-state index contributed by atoms with van der Waals surface area (Å²) >= 11 is 0. The second-order valence-corrected chi connectivity index (χ2v) is 8.58. The molecule has 12 heteroatoms. The van der Waals surface area contributed by atoms with Gasteiger partial charge in [0.2, 0.25) is 11.9 Å². The van der Waals surface area contributed by atoms with Gasteiger partial charge in [-0.25, -0.2) is 4.98 Å². The van der Waals surface area contributed by atoms with Crippen LogP contribution >= 0.6 is 0 Å². The first-order chi connectivity index (χ1) is 18.0. The van der Waals surface area contributed by atoms with E-state index < -0.39 is 17.6 Å². The smallest absolute Gasteiger partial charge is 0.416 e. The third-order valence-electron chi connectivity index (χ3n) is 5.62. The molecule has 3 rings (SSSR count). The Hall–Kier alpha value is -4.32. The summed E-state index contributed by atoms with van der Waals surface area (Å²) in [7, 11) is 5.44. The molecule has 202 valence electrons. The highest BCUT2D eigenvalue weighted by Gasteiger charge is 2.30. The number of carbonyl (C=O) groups excluding carboxylic acids is 1. The average Bonchev–Trinajstić information content (AvgIpc) is 2.87. The lowest BCUT2D eigenvalue weighted by atomic mass is 10.2. The zero-order valence-electron chi connectivity index (χ0n) is 21.5. The van der Waals surface area contributed by atoms with E-state index in [1.165, 1.54) is 31.5 Å². The van der Waals surface area contributed by atoms with E-state index in [0.717, 1.165) is 18.2 Å². The number of nitrogens with zero attached hydrogens (tertiary/aromatic N) is 3. The van der Waals surface area contributed by atoms with Crippen molar-refractivity contribution in [2.75, 3.05) is 49.0 Å². The zero-order valence-corrected chi connectivity index (χ0v) is 21.5. The van der Waals surface area contributed by atoms with Gasteiger partial charge in [0.1, 0.15) is 11.6 Å². The summed E-state index contributed by atoms with van der Waals surface area (Å²) in [6.45, 7) is 6.16. The fourth-order valence-corrected chi connectivity index (χ4v) is 3.25. The molecule has 1 amide bonds. The van der Waals surface area contributed by atoms with Gasteiger partial charge in [-0.15, -0.1) is 0 Å². The second kappa shape index (κ2) is 12.3. The second-order valence-electron chi connectivity index (χ2n) is 8.58. The normalized spacial score (nSPS) is 12.0. The summed E-state index contributed by atoms with van der Waals surface area (Å²) in [5.41, 5.74) is 1.01. The van der Waals surface area contributed by atoms with Crippen molar-refractivity contribution in [3.05, 3.63) is 66.9 Å². The van der Waals surface area contributed by atoms with Crippen molar-refractivity contribution in [2.45, 2.75) is 19.1 Å². The summed E-state index contributed by atoms with van der Waals surface area (Å²) in [4.78, 5) is 22.7. The molecule has 1 aromatic heterocycles. The molecule has 1 atom stereocenters. The number of ether oxygens (including phenoxy) is 1. The molecule has 0 saturated heterocycles. The Morgan fingerprint density at radius 2 is 1.89 bits per heavy atom. The third-order valence-corrected chi connectivity index (χ3v) is 5.62. The Morgan fingerprint density at radius 3 is 2.55 bits per heavy atom. The maximum atomic E-state index is 13.1. The number of hydrogen-bond donors (Lipinski definition) is 4. The molecule has 0 radical (unpaired) electrons. The van der Waals surface area contributed by atoms with E-state index in [0.29, 0.717) is 29.4 Å². The van der Waals surface area contributed by atoms with Crippen LogP contribution in [0.2, 0.25) is 0 Å². The number of carbonyl (C=O) groups is 1. The molecular weight excluding hydrogens is 499 g/mol. The number of halogens is 3. The number of aromatic nitrogens is 2. The molecule has 0 aliphatic heterocycles. The summed E-state index contributed by atoms with van der Waals surface area (Å²) in [6, 6.07) is 9.94. The van der Waals surface area contributed by atoms with Gasteiger partial charge in [-0.1, -0.05) is 12.6 Å². The molecule has 0 fully saturated rings. The van der Waals surface area contributed by atoms with Crippen LogP contribution in [-0.4, -0.2) is 54.6 Å². The predicted octanol–water partition coefficient (Wildman–Crippen LogP) is 5.48. The van der Waals surface area contributed by atoms with Crippen LogP contribution in [0.5, 0.6) is 5.75 Å². The highest BCUT2D eigenvalue weighted by Crippen LogP contribution is 2.36. The van der Waals surface area contributed by atoms with Crippen LogP contribution in [0, 0.1) is 0 Å². The van der Waals surface area contributed by atoms with Crippen LogP contribution in [0.3, 0.4) is 0 Å². The van der Waals surface area contributed by atoms with E-state index in [4.69, 9.17) is 4.74 Å². The molecule has 0 bridgehead atoms. The van der Waals surface area contributed by atoms with Crippen molar-refractivity contribution < 1.29 is 22.7 Å². The maximum Gasteiger partial charge on any atom is 0.416 e. The van der Waals surface area contributed by atoms with E-state index in [1.54, 1.807) is 12.1 Å². The van der Waals surface area contributed by atoms with Crippen molar-refractivity contribution in [1.29, 1.82) is 0 Å². The monoisotopic (exact) mass is 529 g/mol. The maximum absolute atomic E-state index is 13.1. The molecule has 0 aliphatic carbocycles. The van der Waals surface area contributed by atoms with Gasteiger partial charge >= 0.3 is 6.18 Å².